The third-order valence-corrected chi connectivity index (χ3v) is 10.3. The van der Waals surface area contributed by atoms with Gasteiger partial charge in [0.05, 0.1) is 42.1 Å². The van der Waals surface area contributed by atoms with Gasteiger partial charge in [-0.2, -0.15) is 4.31 Å². The molecule has 3 rings (SSSR count). The number of aromatic nitrogens is 1. The molecule has 0 fully saturated rings. The molecule has 0 aliphatic heterocycles. The van der Waals surface area contributed by atoms with Crippen LogP contribution in [0.15, 0.2) is 70.0 Å². The van der Waals surface area contributed by atoms with Crippen molar-refractivity contribution in [2.45, 2.75) is 70.4 Å². The molecular formula is C34H48N6O7S2. The first-order valence-electron chi connectivity index (χ1n) is 16.0. The fourth-order valence-corrected chi connectivity index (χ4v) is 7.46. The molecule has 3 amide bonds. The van der Waals surface area contributed by atoms with E-state index in [-0.39, 0.29) is 42.8 Å². The molecule has 0 spiro atoms. The Morgan fingerprint density at radius 3 is 2.31 bits per heavy atom. The van der Waals surface area contributed by atoms with Crippen molar-refractivity contribution in [3.05, 3.63) is 81.8 Å². The number of nitrogens with zero attached hydrogens (tertiary/aromatic N) is 4. The van der Waals surface area contributed by atoms with E-state index in [1.165, 1.54) is 51.0 Å². The monoisotopic (exact) mass is 716 g/mol. The normalized spacial score (nSPS) is 13.9. The largest absolute Gasteiger partial charge is 0.411 e. The predicted octanol–water partition coefficient (Wildman–Crippen LogP) is 3.70. The average molecular weight is 717 g/mol. The minimum Gasteiger partial charge on any atom is -0.411 e. The highest BCUT2D eigenvalue weighted by Crippen LogP contribution is 2.20. The van der Waals surface area contributed by atoms with Gasteiger partial charge in [-0.05, 0) is 41.5 Å². The number of sulfonamides is 1. The van der Waals surface area contributed by atoms with Gasteiger partial charge in [0.2, 0.25) is 15.9 Å². The lowest BCUT2D eigenvalue weighted by molar-refractivity contribution is -0.125. The standard InChI is InChI=1S/C34H48N6O7S2/c1-23(2)18-40(49(45,46)28-14-12-26(13-15-28)17-35-44)20-30(41)29(16-25-10-8-7-9-11-25)37-33(42)32(24(3)4)38-34(43)39(5)19-27-22-48-31(36-27)21-47-6/h7-15,17,22-24,29-30,32,41,44H,16,18-21H2,1-6H3,(H,37,42)(H,38,43)/t29-,30+,32-/m0/s1. The lowest BCUT2D eigenvalue weighted by Gasteiger charge is -2.32. The van der Waals surface area contributed by atoms with Gasteiger partial charge in [-0.25, -0.2) is 18.2 Å². The topological polar surface area (TPSA) is 174 Å². The number of aliphatic hydroxyl groups excluding tert-OH is 1. The molecule has 0 aliphatic carbocycles. The highest BCUT2D eigenvalue weighted by molar-refractivity contribution is 7.89. The van der Waals surface area contributed by atoms with E-state index in [1.54, 1.807) is 28.0 Å². The summed E-state index contributed by atoms with van der Waals surface area (Å²) in [7, 11) is -0.865. The highest BCUT2D eigenvalue weighted by Gasteiger charge is 2.34. The average Bonchev–Trinajstić information content (AvgIpc) is 3.50. The summed E-state index contributed by atoms with van der Waals surface area (Å²) >= 11 is 1.43. The Kier molecular flexibility index (Phi) is 15.1. The zero-order valence-corrected chi connectivity index (χ0v) is 30.4. The quantitative estimate of drug-likeness (QED) is 0.0877. The molecule has 15 heteroatoms. The third-order valence-electron chi connectivity index (χ3n) is 7.62. The summed E-state index contributed by atoms with van der Waals surface area (Å²) in [6.07, 6.45) is 0.0915. The first-order chi connectivity index (χ1) is 23.2. The van der Waals surface area contributed by atoms with E-state index in [0.717, 1.165) is 10.6 Å². The molecule has 2 aromatic carbocycles. The Labute approximate surface area is 293 Å². The van der Waals surface area contributed by atoms with Gasteiger partial charge in [-0.3, -0.25) is 4.79 Å². The second kappa shape index (κ2) is 18.8. The number of amides is 3. The maximum atomic E-state index is 13.8. The van der Waals surface area contributed by atoms with E-state index in [1.807, 2.05) is 49.6 Å². The second-order valence-electron chi connectivity index (χ2n) is 12.6. The summed E-state index contributed by atoms with van der Waals surface area (Å²) < 4.78 is 33.9. The van der Waals surface area contributed by atoms with Crippen molar-refractivity contribution in [2.24, 2.45) is 17.0 Å². The minimum absolute atomic E-state index is 0.0124. The van der Waals surface area contributed by atoms with Crippen molar-refractivity contribution in [1.82, 2.24) is 24.8 Å². The molecule has 49 heavy (non-hydrogen) atoms. The lowest BCUT2D eigenvalue weighted by atomic mass is 9.98. The summed E-state index contributed by atoms with van der Waals surface area (Å²) in [6, 6.07) is 12.8. The SMILES string of the molecule is COCc1nc(CN(C)C(=O)N[C@H](C(=O)N[C@@H](Cc2ccccc2)[C@H](O)CN(CC(C)C)S(=O)(=O)c2ccc(C=NO)cc2)C(C)C)cs1. The molecule has 0 bridgehead atoms. The van der Waals surface area contributed by atoms with Crippen molar-refractivity contribution >= 4 is 39.5 Å². The van der Waals surface area contributed by atoms with E-state index >= 15 is 0 Å². The first kappa shape index (κ1) is 39.5. The second-order valence-corrected chi connectivity index (χ2v) is 15.5. The maximum Gasteiger partial charge on any atom is 0.318 e. The van der Waals surface area contributed by atoms with E-state index < -0.39 is 40.1 Å². The molecule has 13 nitrogen and oxygen atoms in total. The van der Waals surface area contributed by atoms with Crippen LogP contribution in [0.1, 0.15) is 49.5 Å². The first-order valence-corrected chi connectivity index (χ1v) is 18.3. The molecule has 268 valence electrons. The number of hydrogen-bond donors (Lipinski definition) is 4. The highest BCUT2D eigenvalue weighted by atomic mass is 32.2. The predicted molar refractivity (Wildman–Crippen MR) is 189 cm³/mol. The van der Waals surface area contributed by atoms with Crippen molar-refractivity contribution < 1.29 is 33.1 Å². The Balaban J connectivity index is 1.82. The van der Waals surface area contributed by atoms with Gasteiger partial charge in [-0.15, -0.1) is 11.3 Å². The van der Waals surface area contributed by atoms with Gasteiger partial charge in [-0.1, -0.05) is 75.3 Å². The third kappa shape index (κ3) is 11.9. The molecule has 0 saturated carbocycles. The Morgan fingerprint density at radius 1 is 1.04 bits per heavy atom. The molecular weight excluding hydrogens is 669 g/mol. The van der Waals surface area contributed by atoms with Crippen LogP contribution in [-0.2, 0) is 39.1 Å². The fraction of sp³-hybridized carbons (Fsp3) is 0.471. The number of hydrogen-bond acceptors (Lipinski definition) is 10. The van der Waals surface area contributed by atoms with E-state index in [9.17, 15) is 23.1 Å². The number of ether oxygens (including phenoxy) is 1. The van der Waals surface area contributed by atoms with Crippen molar-refractivity contribution in [3.63, 3.8) is 0 Å². The van der Waals surface area contributed by atoms with Crippen molar-refractivity contribution in [1.29, 1.82) is 0 Å². The molecule has 3 aromatic rings. The molecule has 1 heterocycles. The Morgan fingerprint density at radius 2 is 1.71 bits per heavy atom. The number of oxime groups is 1. The maximum absolute atomic E-state index is 13.8. The molecule has 0 aliphatic rings. The van der Waals surface area contributed by atoms with Crippen molar-refractivity contribution in [3.8, 4) is 0 Å². The number of thiazole rings is 1. The molecule has 4 N–H and O–H groups in total. The number of aliphatic hydroxyl groups is 1. The lowest BCUT2D eigenvalue weighted by Crippen LogP contribution is -2.58. The van der Waals surface area contributed by atoms with Crippen LogP contribution < -0.4 is 10.6 Å². The van der Waals surface area contributed by atoms with Gasteiger partial charge in [0, 0.05) is 32.6 Å². The van der Waals surface area contributed by atoms with Crippen LogP contribution in [0.5, 0.6) is 0 Å². The number of carbonyl (C=O) groups is 2. The van der Waals surface area contributed by atoms with Crippen LogP contribution in [-0.4, -0.2) is 96.5 Å². The van der Waals surface area contributed by atoms with Crippen LogP contribution >= 0.6 is 11.3 Å². The Bertz CT molecular complexity index is 1620. The van der Waals surface area contributed by atoms with Gasteiger partial charge in [0.25, 0.3) is 0 Å². The summed E-state index contributed by atoms with van der Waals surface area (Å²) in [5.74, 6) is -0.887. The zero-order chi connectivity index (χ0) is 36.1. The molecule has 0 radical (unpaired) electrons. The Hall–Kier alpha value is -3.89. The smallest absolute Gasteiger partial charge is 0.318 e. The van der Waals surface area contributed by atoms with Crippen LogP contribution in [0.4, 0.5) is 4.79 Å². The fourth-order valence-electron chi connectivity index (χ4n) is 5.08. The number of nitrogens with one attached hydrogen (secondary N) is 2. The van der Waals surface area contributed by atoms with Gasteiger partial charge in [0.15, 0.2) is 0 Å². The van der Waals surface area contributed by atoms with E-state index in [4.69, 9.17) is 9.94 Å². The summed E-state index contributed by atoms with van der Waals surface area (Å²) in [5.41, 5.74) is 2.04. The van der Waals surface area contributed by atoms with Crippen LogP contribution in [0.25, 0.3) is 0 Å². The molecule has 0 unspecified atom stereocenters. The summed E-state index contributed by atoms with van der Waals surface area (Å²) in [5, 5.41) is 31.8. The number of carbonyl (C=O) groups excluding carboxylic acids is 2. The number of urea groups is 1. The zero-order valence-electron chi connectivity index (χ0n) is 28.8. The van der Waals surface area contributed by atoms with Gasteiger partial charge >= 0.3 is 6.03 Å². The van der Waals surface area contributed by atoms with Crippen LogP contribution in [0.3, 0.4) is 0 Å². The van der Waals surface area contributed by atoms with Crippen LogP contribution in [0, 0.1) is 11.8 Å². The number of rotatable bonds is 18. The van der Waals surface area contributed by atoms with Crippen molar-refractivity contribution in [2.75, 3.05) is 27.2 Å². The summed E-state index contributed by atoms with van der Waals surface area (Å²) in [6.45, 7) is 7.79. The van der Waals surface area contributed by atoms with Gasteiger partial charge < -0.3 is 30.6 Å². The van der Waals surface area contributed by atoms with Crippen LogP contribution in [0.2, 0.25) is 0 Å². The van der Waals surface area contributed by atoms with E-state index in [2.05, 4.69) is 20.8 Å². The van der Waals surface area contributed by atoms with E-state index in [0.29, 0.717) is 17.9 Å². The number of methoxy groups -OCH3 is 1. The minimum atomic E-state index is -4.06. The summed E-state index contributed by atoms with van der Waals surface area (Å²) in [4.78, 5) is 32.9. The molecule has 1 aromatic heterocycles. The van der Waals surface area contributed by atoms with Gasteiger partial charge in [0.1, 0.15) is 11.0 Å². The number of benzene rings is 2. The molecule has 3 atom stereocenters. The molecule has 0 saturated heterocycles.